The summed E-state index contributed by atoms with van der Waals surface area (Å²) in [5, 5.41) is 11.0. The Morgan fingerprint density at radius 2 is 1.77 bits per heavy atom. The maximum Gasteiger partial charge on any atom is 0.250 e. The molecule has 0 radical (unpaired) electrons. The third-order valence-electron chi connectivity index (χ3n) is 9.29. The first-order chi connectivity index (χ1) is 22.6. The molecule has 2 bridgehead atoms. The highest BCUT2D eigenvalue weighted by Crippen LogP contribution is 2.39. The number of amides is 1. The molecule has 10 nitrogen and oxygen atoms in total. The number of aromatic nitrogens is 1. The summed E-state index contributed by atoms with van der Waals surface area (Å²) in [5.41, 5.74) is 8.91. The molecule has 1 amide bonds. The van der Waals surface area contributed by atoms with E-state index >= 15 is 0 Å². The second kappa shape index (κ2) is 13.5. The van der Waals surface area contributed by atoms with Crippen molar-refractivity contribution in [3.05, 3.63) is 121 Å². The van der Waals surface area contributed by atoms with Crippen LogP contribution in [0.5, 0.6) is 17.2 Å². The van der Waals surface area contributed by atoms with Gasteiger partial charge in [-0.15, -0.1) is 0 Å². The number of carbonyl (C=O) groups excluding carboxylic acids is 1. The molecule has 4 aromatic rings. The third-order valence-corrected chi connectivity index (χ3v) is 9.29. The fourth-order valence-corrected chi connectivity index (χ4v) is 6.96. The van der Waals surface area contributed by atoms with Crippen molar-refractivity contribution in [2.24, 2.45) is 11.7 Å². The van der Waals surface area contributed by atoms with Crippen molar-refractivity contribution in [1.82, 2.24) is 9.47 Å². The van der Waals surface area contributed by atoms with E-state index in [0.717, 1.165) is 24.2 Å². The van der Waals surface area contributed by atoms with Crippen LogP contribution < -0.4 is 26.2 Å². The van der Waals surface area contributed by atoms with Gasteiger partial charge in [-0.25, -0.2) is 0 Å². The molecule has 6 rings (SSSR count). The average molecular weight is 640 g/mol. The topological polar surface area (TPSA) is 137 Å². The average Bonchev–Trinajstić information content (AvgIpc) is 3.05. The van der Waals surface area contributed by atoms with Crippen molar-refractivity contribution in [2.45, 2.75) is 64.1 Å². The highest BCUT2D eigenvalue weighted by Gasteiger charge is 2.35. The SMILES string of the molecule is COc1ccc([C@H](CC(N)=O)c2oc(CN3C[C@H]4C[C@@H](C3)c3cccc(=O)n3C4)cc(=O)c2O)cc1OCc1ccc(C(C)C)cc1. The highest BCUT2D eigenvalue weighted by molar-refractivity contribution is 5.75. The van der Waals surface area contributed by atoms with Crippen LogP contribution in [-0.2, 0) is 24.5 Å². The van der Waals surface area contributed by atoms with Crippen molar-refractivity contribution in [1.29, 1.82) is 0 Å². The zero-order valence-corrected chi connectivity index (χ0v) is 27.0. The van der Waals surface area contributed by atoms with E-state index in [0.29, 0.717) is 48.4 Å². The third kappa shape index (κ3) is 6.97. The van der Waals surface area contributed by atoms with Gasteiger partial charge in [-0.2, -0.15) is 0 Å². The number of likely N-dealkylation sites (tertiary alicyclic amines) is 1. The second-order valence-corrected chi connectivity index (χ2v) is 13.0. The standard InChI is InChI=1S/C37H41N3O7/c1-22(2)25-9-7-23(8-10-25)21-46-33-14-26(11-12-32(33)45-3)29(16-34(38)42)37-36(44)31(41)15-28(47-37)20-39-17-24-13-27(19-39)30-5-4-6-35(43)40(30)18-24/h4-12,14-15,22,24,27,29,44H,13,16-21H2,1-3H3,(H2,38,42)/t24-,27+,29+/m1/s1. The number of fused-ring (bicyclic) bond motifs is 4. The number of nitrogens with two attached hydrogens (primary N) is 1. The first kappa shape index (κ1) is 32.1. The number of hydrogen-bond acceptors (Lipinski definition) is 8. The smallest absolute Gasteiger partial charge is 0.250 e. The summed E-state index contributed by atoms with van der Waals surface area (Å²) in [6, 6.07) is 20.1. The molecule has 3 atom stereocenters. The van der Waals surface area contributed by atoms with Gasteiger partial charge in [0.15, 0.2) is 17.3 Å². The maximum atomic E-state index is 13.1. The second-order valence-electron chi connectivity index (χ2n) is 13.0. The van der Waals surface area contributed by atoms with Gasteiger partial charge < -0.3 is 29.3 Å². The summed E-state index contributed by atoms with van der Waals surface area (Å²) in [6.07, 6.45) is 0.790. The van der Waals surface area contributed by atoms with Gasteiger partial charge in [-0.1, -0.05) is 50.2 Å². The van der Waals surface area contributed by atoms with Crippen molar-refractivity contribution in [2.75, 3.05) is 20.2 Å². The van der Waals surface area contributed by atoms with E-state index in [2.05, 4.69) is 30.9 Å². The van der Waals surface area contributed by atoms with E-state index in [1.807, 2.05) is 22.8 Å². The van der Waals surface area contributed by atoms with Crippen LogP contribution in [0.2, 0.25) is 0 Å². The summed E-state index contributed by atoms with van der Waals surface area (Å²) in [4.78, 5) is 40.1. The Labute approximate surface area is 273 Å². The number of primary amides is 1. The predicted octanol–water partition coefficient (Wildman–Crippen LogP) is 4.84. The van der Waals surface area contributed by atoms with Gasteiger partial charge in [0.25, 0.3) is 5.56 Å². The first-order valence-electron chi connectivity index (χ1n) is 16.1. The number of rotatable bonds is 11. The van der Waals surface area contributed by atoms with Crippen LogP contribution in [0.3, 0.4) is 0 Å². The van der Waals surface area contributed by atoms with Crippen LogP contribution in [0, 0.1) is 5.92 Å². The van der Waals surface area contributed by atoms with E-state index < -0.39 is 23.0 Å². The molecule has 2 aliphatic heterocycles. The minimum absolute atomic E-state index is 0.0210. The number of hydrogen-bond donors (Lipinski definition) is 2. The lowest BCUT2D eigenvalue weighted by Crippen LogP contribution is -2.46. The van der Waals surface area contributed by atoms with Crippen molar-refractivity contribution >= 4 is 5.91 Å². The summed E-state index contributed by atoms with van der Waals surface area (Å²) in [5.74, 6) is 0.135. The molecule has 4 heterocycles. The van der Waals surface area contributed by atoms with Gasteiger partial charge in [-0.05, 0) is 53.1 Å². The molecule has 0 unspecified atom stereocenters. The number of benzene rings is 2. The van der Waals surface area contributed by atoms with Crippen LogP contribution in [-0.4, -0.2) is 40.7 Å². The van der Waals surface area contributed by atoms with E-state index in [4.69, 9.17) is 19.6 Å². The van der Waals surface area contributed by atoms with Gasteiger partial charge in [0.2, 0.25) is 17.1 Å². The molecule has 10 heteroatoms. The minimum Gasteiger partial charge on any atom is -0.502 e. The lowest BCUT2D eigenvalue weighted by molar-refractivity contribution is -0.118. The van der Waals surface area contributed by atoms with Crippen LogP contribution in [0.4, 0.5) is 0 Å². The predicted molar refractivity (Wildman–Crippen MR) is 177 cm³/mol. The number of piperidine rings is 1. The van der Waals surface area contributed by atoms with Gasteiger partial charge in [0.1, 0.15) is 12.4 Å². The molecule has 0 spiro atoms. The molecule has 1 saturated heterocycles. The Morgan fingerprint density at radius 1 is 1.00 bits per heavy atom. The number of methoxy groups -OCH3 is 1. The van der Waals surface area contributed by atoms with E-state index in [1.165, 1.54) is 11.6 Å². The molecule has 2 aromatic carbocycles. The van der Waals surface area contributed by atoms with E-state index in [1.54, 1.807) is 37.4 Å². The Balaban J connectivity index is 1.27. The van der Waals surface area contributed by atoms with Crippen molar-refractivity contribution < 1.29 is 23.8 Å². The molecule has 3 N–H and O–H groups in total. The van der Waals surface area contributed by atoms with Gasteiger partial charge in [-0.3, -0.25) is 19.3 Å². The molecule has 0 aliphatic carbocycles. The van der Waals surface area contributed by atoms with E-state index in [9.17, 15) is 19.5 Å². The van der Waals surface area contributed by atoms with Crippen LogP contribution >= 0.6 is 0 Å². The Morgan fingerprint density at radius 3 is 2.49 bits per heavy atom. The van der Waals surface area contributed by atoms with Crippen molar-refractivity contribution in [3.8, 4) is 17.2 Å². The monoisotopic (exact) mass is 639 g/mol. The molecule has 246 valence electrons. The number of nitrogens with zero attached hydrogens (tertiary/aromatic N) is 2. The lowest BCUT2D eigenvalue weighted by Gasteiger charge is -2.42. The summed E-state index contributed by atoms with van der Waals surface area (Å²) < 4.78 is 19.8. The number of carbonyl (C=O) groups is 1. The van der Waals surface area contributed by atoms with E-state index in [-0.39, 0.29) is 36.2 Å². The minimum atomic E-state index is -0.849. The van der Waals surface area contributed by atoms with Gasteiger partial charge in [0, 0.05) is 49.8 Å². The largest absolute Gasteiger partial charge is 0.502 e. The van der Waals surface area contributed by atoms with Crippen LogP contribution in [0.15, 0.2) is 80.7 Å². The number of pyridine rings is 1. The molecular weight excluding hydrogens is 598 g/mol. The Bertz CT molecular complexity index is 1880. The van der Waals surface area contributed by atoms with Crippen LogP contribution in [0.1, 0.15) is 78.3 Å². The van der Waals surface area contributed by atoms with Gasteiger partial charge in [0.05, 0.1) is 19.6 Å². The number of aromatic hydroxyl groups is 1. The molecule has 0 saturated carbocycles. The zero-order valence-electron chi connectivity index (χ0n) is 27.0. The highest BCUT2D eigenvalue weighted by atomic mass is 16.5. The fraction of sp³-hybridized carbons (Fsp3) is 0.378. The summed E-state index contributed by atoms with van der Waals surface area (Å²) >= 11 is 0. The zero-order chi connectivity index (χ0) is 33.2. The summed E-state index contributed by atoms with van der Waals surface area (Å²) in [6.45, 7) is 6.99. The lowest BCUT2D eigenvalue weighted by atomic mass is 9.83. The normalized spacial score (nSPS) is 18.0. The van der Waals surface area contributed by atoms with Crippen molar-refractivity contribution in [3.63, 3.8) is 0 Å². The quantitative estimate of drug-likeness (QED) is 0.238. The first-order valence-corrected chi connectivity index (χ1v) is 16.1. The molecule has 2 aromatic heterocycles. The Kier molecular flexibility index (Phi) is 9.22. The maximum absolute atomic E-state index is 13.1. The fourth-order valence-electron chi connectivity index (χ4n) is 6.96. The molecule has 1 fully saturated rings. The number of ether oxygens (including phenoxy) is 2. The summed E-state index contributed by atoms with van der Waals surface area (Å²) in [7, 11) is 1.54. The van der Waals surface area contributed by atoms with Crippen LogP contribution in [0.25, 0.3) is 0 Å². The van der Waals surface area contributed by atoms with Gasteiger partial charge >= 0.3 is 0 Å². The molecule has 47 heavy (non-hydrogen) atoms. The Hall–Kier alpha value is -4.83. The molecular formula is C37H41N3O7. The molecule has 2 aliphatic rings.